The highest BCUT2D eigenvalue weighted by Gasteiger charge is 2.54. The molecule has 2 aliphatic carbocycles. The quantitative estimate of drug-likeness (QED) is 0.654. The normalized spacial score (nSPS) is 29.4. The first-order chi connectivity index (χ1) is 15.2. The van der Waals surface area contributed by atoms with Gasteiger partial charge in [0.1, 0.15) is 17.9 Å². The van der Waals surface area contributed by atoms with Gasteiger partial charge in [-0.05, 0) is 58.8 Å². The maximum Gasteiger partial charge on any atom is 0.408 e. The van der Waals surface area contributed by atoms with Crippen LogP contribution in [0.1, 0.15) is 72.1 Å². The Morgan fingerprint density at radius 1 is 1.00 bits per heavy atom. The van der Waals surface area contributed by atoms with Gasteiger partial charge >= 0.3 is 6.09 Å². The van der Waals surface area contributed by atoms with E-state index in [9.17, 15) is 19.2 Å². The summed E-state index contributed by atoms with van der Waals surface area (Å²) in [5, 5.41) is 2.87. The number of rotatable bonds is 5. The Balaban J connectivity index is 1.52. The number of aldehydes is 1. The number of hydrogen-bond acceptors (Lipinski definition) is 5. The molecule has 2 aliphatic heterocycles. The monoisotopic (exact) mass is 447 g/mol. The second kappa shape index (κ2) is 9.02. The lowest BCUT2D eigenvalue weighted by atomic mass is 9.83. The largest absolute Gasteiger partial charge is 0.444 e. The van der Waals surface area contributed by atoms with E-state index in [4.69, 9.17) is 4.74 Å². The highest BCUT2D eigenvalue weighted by atomic mass is 16.6. The Hall–Kier alpha value is -2.12. The summed E-state index contributed by atoms with van der Waals surface area (Å²) in [6, 6.07) is -1.06. The SMILES string of the molecule is CC(C)(C)OC(=O)N[C@H](C(=O)N1CC[C@@H]2[C@H]1[C@@H](C=O)CN2C(=O)C1CC1)C1CCCCC1. The maximum absolute atomic E-state index is 13.8. The van der Waals surface area contributed by atoms with Crippen molar-refractivity contribution in [3.8, 4) is 0 Å². The van der Waals surface area contributed by atoms with Crippen LogP contribution < -0.4 is 5.32 Å². The molecule has 0 unspecified atom stereocenters. The molecule has 4 fully saturated rings. The molecule has 2 heterocycles. The van der Waals surface area contributed by atoms with Crippen molar-refractivity contribution in [3.05, 3.63) is 0 Å². The number of ether oxygens (including phenoxy) is 1. The summed E-state index contributed by atoms with van der Waals surface area (Å²) in [6.45, 7) is 6.30. The molecule has 4 aliphatic rings. The number of amides is 3. The van der Waals surface area contributed by atoms with Crippen LogP contribution in [0.25, 0.3) is 0 Å². The zero-order valence-corrected chi connectivity index (χ0v) is 19.5. The molecule has 0 aromatic heterocycles. The van der Waals surface area contributed by atoms with Gasteiger partial charge in [-0.3, -0.25) is 9.59 Å². The molecular weight excluding hydrogens is 410 g/mol. The number of hydrogen-bond donors (Lipinski definition) is 1. The van der Waals surface area contributed by atoms with Crippen molar-refractivity contribution in [2.24, 2.45) is 17.8 Å². The van der Waals surface area contributed by atoms with Crippen LogP contribution in [0.2, 0.25) is 0 Å². The Morgan fingerprint density at radius 3 is 2.28 bits per heavy atom. The van der Waals surface area contributed by atoms with Gasteiger partial charge in [0.2, 0.25) is 11.8 Å². The van der Waals surface area contributed by atoms with Gasteiger partial charge < -0.3 is 24.6 Å². The van der Waals surface area contributed by atoms with Gasteiger partial charge in [0.25, 0.3) is 0 Å². The van der Waals surface area contributed by atoms with Gasteiger partial charge in [0.15, 0.2) is 0 Å². The topological polar surface area (TPSA) is 96.0 Å². The van der Waals surface area contributed by atoms with Gasteiger partial charge in [-0.25, -0.2) is 4.79 Å². The van der Waals surface area contributed by atoms with Crippen LogP contribution in [-0.4, -0.2) is 70.8 Å². The highest BCUT2D eigenvalue weighted by Crippen LogP contribution is 2.40. The second-order valence-electron chi connectivity index (χ2n) is 11.0. The lowest BCUT2D eigenvalue weighted by Gasteiger charge is -2.35. The van der Waals surface area contributed by atoms with E-state index in [2.05, 4.69) is 5.32 Å². The van der Waals surface area contributed by atoms with Gasteiger partial charge in [0, 0.05) is 19.0 Å². The zero-order chi connectivity index (χ0) is 23.0. The van der Waals surface area contributed by atoms with Crippen molar-refractivity contribution in [1.29, 1.82) is 0 Å². The summed E-state index contributed by atoms with van der Waals surface area (Å²) in [4.78, 5) is 54.7. The molecule has 0 spiro atoms. The standard InChI is InChI=1S/C24H37N3O5/c1-24(2,3)32-23(31)25-19(15-7-5-4-6-8-15)22(30)26-12-11-18-20(26)17(14-28)13-27(18)21(29)16-9-10-16/h14-20H,4-13H2,1-3H3,(H,25,31)/t17-,18-,19+,20-/m1/s1. The first-order valence-corrected chi connectivity index (χ1v) is 12.3. The molecule has 1 N–H and O–H groups in total. The van der Waals surface area contributed by atoms with Crippen molar-refractivity contribution < 1.29 is 23.9 Å². The summed E-state index contributed by atoms with van der Waals surface area (Å²) in [5.41, 5.74) is -0.652. The van der Waals surface area contributed by atoms with Crippen molar-refractivity contribution in [2.75, 3.05) is 13.1 Å². The second-order valence-corrected chi connectivity index (χ2v) is 11.0. The third kappa shape index (κ3) is 4.79. The van der Waals surface area contributed by atoms with E-state index in [0.717, 1.165) is 51.2 Å². The van der Waals surface area contributed by atoms with Crippen LogP contribution >= 0.6 is 0 Å². The van der Waals surface area contributed by atoms with Crippen LogP contribution in [0, 0.1) is 17.8 Å². The van der Waals surface area contributed by atoms with E-state index in [1.54, 1.807) is 25.7 Å². The average molecular weight is 448 g/mol. The Labute approximate surface area is 190 Å². The van der Waals surface area contributed by atoms with Crippen molar-refractivity contribution >= 4 is 24.2 Å². The van der Waals surface area contributed by atoms with Crippen molar-refractivity contribution in [3.63, 3.8) is 0 Å². The number of nitrogens with zero attached hydrogens (tertiary/aromatic N) is 2. The number of carbonyl (C=O) groups is 4. The smallest absolute Gasteiger partial charge is 0.408 e. The molecule has 32 heavy (non-hydrogen) atoms. The maximum atomic E-state index is 13.8. The Morgan fingerprint density at radius 2 is 1.69 bits per heavy atom. The molecule has 4 atom stereocenters. The molecule has 0 aromatic rings. The summed E-state index contributed by atoms with van der Waals surface area (Å²) in [5.74, 6) is -0.224. The van der Waals surface area contributed by atoms with Crippen LogP contribution in [0.3, 0.4) is 0 Å². The van der Waals surface area contributed by atoms with E-state index in [0.29, 0.717) is 19.5 Å². The summed E-state index contributed by atoms with van der Waals surface area (Å²) in [7, 11) is 0. The van der Waals surface area contributed by atoms with E-state index < -0.39 is 17.7 Å². The predicted molar refractivity (Wildman–Crippen MR) is 118 cm³/mol. The fourth-order valence-electron chi connectivity index (χ4n) is 5.79. The third-order valence-electron chi connectivity index (χ3n) is 7.39. The number of likely N-dealkylation sites (tertiary alicyclic amines) is 2. The molecule has 3 amide bonds. The minimum atomic E-state index is -0.663. The number of fused-ring (bicyclic) bond motifs is 1. The molecule has 2 saturated heterocycles. The molecule has 4 rings (SSSR count). The van der Waals surface area contributed by atoms with Gasteiger partial charge in [0.05, 0.1) is 18.0 Å². The summed E-state index contributed by atoms with van der Waals surface area (Å²) < 4.78 is 5.45. The fourth-order valence-corrected chi connectivity index (χ4v) is 5.79. The van der Waals surface area contributed by atoms with E-state index in [-0.39, 0.29) is 41.7 Å². The molecular formula is C24H37N3O5. The lowest BCUT2D eigenvalue weighted by molar-refractivity contribution is -0.138. The molecule has 0 bridgehead atoms. The van der Waals surface area contributed by atoms with Crippen LogP contribution in [0.15, 0.2) is 0 Å². The predicted octanol–water partition coefficient (Wildman–Crippen LogP) is 2.50. The summed E-state index contributed by atoms with van der Waals surface area (Å²) in [6.07, 6.45) is 7.84. The highest BCUT2D eigenvalue weighted by molar-refractivity contribution is 5.88. The van der Waals surface area contributed by atoms with Crippen LogP contribution in [0.4, 0.5) is 4.79 Å². The number of carbonyl (C=O) groups excluding carboxylic acids is 4. The minimum absolute atomic E-state index is 0.0584. The Bertz CT molecular complexity index is 753. The van der Waals surface area contributed by atoms with E-state index in [1.165, 1.54) is 0 Å². The van der Waals surface area contributed by atoms with Crippen molar-refractivity contribution in [1.82, 2.24) is 15.1 Å². The number of alkyl carbamates (subject to hydrolysis) is 1. The van der Waals surface area contributed by atoms with Crippen molar-refractivity contribution in [2.45, 2.75) is 95.9 Å². The molecule has 8 heteroatoms. The molecule has 0 aromatic carbocycles. The molecule has 8 nitrogen and oxygen atoms in total. The third-order valence-corrected chi connectivity index (χ3v) is 7.39. The van der Waals surface area contributed by atoms with Gasteiger partial charge in [-0.1, -0.05) is 19.3 Å². The zero-order valence-electron chi connectivity index (χ0n) is 19.5. The molecule has 178 valence electrons. The fraction of sp³-hybridized carbons (Fsp3) is 0.833. The molecule has 2 saturated carbocycles. The van der Waals surface area contributed by atoms with Crippen LogP contribution in [0.5, 0.6) is 0 Å². The average Bonchev–Trinajstić information content (AvgIpc) is 3.40. The van der Waals surface area contributed by atoms with Gasteiger partial charge in [-0.2, -0.15) is 0 Å². The van der Waals surface area contributed by atoms with E-state index >= 15 is 0 Å². The Kier molecular flexibility index (Phi) is 6.50. The lowest BCUT2D eigenvalue weighted by Crippen LogP contribution is -2.56. The first kappa shape index (κ1) is 23.1. The summed E-state index contributed by atoms with van der Waals surface area (Å²) >= 11 is 0. The van der Waals surface area contributed by atoms with Gasteiger partial charge in [-0.15, -0.1) is 0 Å². The minimum Gasteiger partial charge on any atom is -0.444 e. The first-order valence-electron chi connectivity index (χ1n) is 12.3. The van der Waals surface area contributed by atoms with E-state index in [1.807, 2.05) is 4.90 Å². The van der Waals surface area contributed by atoms with Crippen LogP contribution in [-0.2, 0) is 19.1 Å². The molecule has 0 radical (unpaired) electrons. The number of nitrogens with one attached hydrogen (secondary N) is 1.